The number of rotatable bonds is 3. The van der Waals surface area contributed by atoms with Crippen LogP contribution in [0.3, 0.4) is 0 Å². The topological polar surface area (TPSA) is 52.9 Å². The van der Waals surface area contributed by atoms with Gasteiger partial charge >= 0.3 is 0 Å². The molecule has 0 saturated heterocycles. The lowest BCUT2D eigenvalue weighted by atomic mass is 9.98. The molecule has 0 fully saturated rings. The summed E-state index contributed by atoms with van der Waals surface area (Å²) in [4.78, 5) is 11.7. The van der Waals surface area contributed by atoms with Crippen LogP contribution in [0.2, 0.25) is 0 Å². The second kappa shape index (κ2) is 4.72. The van der Waals surface area contributed by atoms with Gasteiger partial charge < -0.3 is 5.32 Å². The van der Waals surface area contributed by atoms with Crippen molar-refractivity contribution in [3.8, 4) is 6.07 Å². The first-order valence-electron chi connectivity index (χ1n) is 4.79. The number of likely N-dealkylation sites (N-methyl/N-ethyl adjacent to an activating group) is 1. The molecule has 0 saturated carbocycles. The Morgan fingerprint density at radius 3 is 2.60 bits per heavy atom. The first kappa shape index (κ1) is 11.4. The number of nitrogens with one attached hydrogen (secondary N) is 1. The van der Waals surface area contributed by atoms with E-state index in [1.54, 1.807) is 13.1 Å². The first-order chi connectivity index (χ1) is 7.10. The molecule has 0 aromatic heterocycles. The minimum atomic E-state index is 0.0199. The molecule has 1 aromatic carbocycles. The quantitative estimate of drug-likeness (QED) is 0.757. The molecule has 0 aliphatic carbocycles. The zero-order valence-corrected chi connectivity index (χ0v) is 9.22. The van der Waals surface area contributed by atoms with Crippen LogP contribution in [0.5, 0.6) is 0 Å². The Bertz CT molecular complexity index is 430. The molecule has 0 spiro atoms. The Labute approximate surface area is 89.7 Å². The van der Waals surface area contributed by atoms with Gasteiger partial charge in [-0.25, -0.2) is 0 Å². The van der Waals surface area contributed by atoms with Crippen LogP contribution < -0.4 is 5.32 Å². The summed E-state index contributed by atoms with van der Waals surface area (Å²) in [6.45, 7) is 4.06. The molecular weight excluding hydrogens is 188 g/mol. The van der Waals surface area contributed by atoms with Crippen LogP contribution in [0.4, 0.5) is 0 Å². The summed E-state index contributed by atoms with van der Waals surface area (Å²) in [6.07, 6.45) is 0. The van der Waals surface area contributed by atoms with Crippen molar-refractivity contribution in [1.29, 1.82) is 5.26 Å². The van der Waals surface area contributed by atoms with Gasteiger partial charge in [0.25, 0.3) is 0 Å². The Kier molecular flexibility index (Phi) is 3.59. The van der Waals surface area contributed by atoms with Crippen molar-refractivity contribution < 1.29 is 4.79 Å². The van der Waals surface area contributed by atoms with Gasteiger partial charge in [0.1, 0.15) is 0 Å². The van der Waals surface area contributed by atoms with Crippen LogP contribution in [-0.2, 0) is 0 Å². The Balaban J connectivity index is 3.20. The average Bonchev–Trinajstić information content (AvgIpc) is 2.18. The molecule has 0 bridgehead atoms. The first-order valence-corrected chi connectivity index (χ1v) is 4.79. The third-order valence-electron chi connectivity index (χ3n) is 2.33. The van der Waals surface area contributed by atoms with Crippen LogP contribution in [-0.4, -0.2) is 19.4 Å². The zero-order chi connectivity index (χ0) is 11.4. The van der Waals surface area contributed by atoms with Crippen LogP contribution >= 0.6 is 0 Å². The van der Waals surface area contributed by atoms with E-state index in [0.29, 0.717) is 17.7 Å². The maximum Gasteiger partial charge on any atom is 0.176 e. The maximum atomic E-state index is 11.7. The number of aryl methyl sites for hydroxylation is 2. The normalized spacial score (nSPS) is 9.73. The largest absolute Gasteiger partial charge is 0.313 e. The predicted molar refractivity (Wildman–Crippen MR) is 58.9 cm³/mol. The Morgan fingerprint density at radius 2 is 2.07 bits per heavy atom. The number of hydrogen-bond acceptors (Lipinski definition) is 3. The molecular formula is C12H14N2O. The highest BCUT2D eigenvalue weighted by Crippen LogP contribution is 2.15. The van der Waals surface area contributed by atoms with E-state index < -0.39 is 0 Å². The van der Waals surface area contributed by atoms with Crippen molar-refractivity contribution in [1.82, 2.24) is 5.32 Å². The second-order valence-corrected chi connectivity index (χ2v) is 3.55. The molecule has 3 heteroatoms. The summed E-state index contributed by atoms with van der Waals surface area (Å²) >= 11 is 0. The standard InChI is InChI=1S/C12H14N2O/c1-8-4-9(2)11(5-10(8)6-13)12(15)7-14-3/h4-5,14H,7H2,1-3H3. The van der Waals surface area contributed by atoms with E-state index in [-0.39, 0.29) is 5.78 Å². The van der Waals surface area contributed by atoms with Crippen LogP contribution in [0.15, 0.2) is 12.1 Å². The van der Waals surface area contributed by atoms with Gasteiger partial charge in [-0.1, -0.05) is 6.07 Å². The molecule has 0 heterocycles. The number of Topliss-reactive ketones (excluding diaryl/α,β-unsaturated/α-hetero) is 1. The highest BCUT2D eigenvalue weighted by Gasteiger charge is 2.10. The van der Waals surface area contributed by atoms with Gasteiger partial charge in [-0.15, -0.1) is 0 Å². The van der Waals surface area contributed by atoms with Gasteiger partial charge in [-0.3, -0.25) is 4.79 Å². The molecule has 0 aliphatic heterocycles. The van der Waals surface area contributed by atoms with Gasteiger partial charge in [0.15, 0.2) is 5.78 Å². The smallest absolute Gasteiger partial charge is 0.176 e. The third-order valence-corrected chi connectivity index (χ3v) is 2.33. The van der Waals surface area contributed by atoms with Crippen molar-refractivity contribution in [2.24, 2.45) is 0 Å². The summed E-state index contributed by atoms with van der Waals surface area (Å²) in [5.41, 5.74) is 3.04. The minimum Gasteiger partial charge on any atom is -0.313 e. The summed E-state index contributed by atoms with van der Waals surface area (Å²) in [6, 6.07) is 5.63. The van der Waals surface area contributed by atoms with Gasteiger partial charge in [-0.2, -0.15) is 5.26 Å². The monoisotopic (exact) mass is 202 g/mol. The molecule has 0 unspecified atom stereocenters. The molecule has 0 atom stereocenters. The fraction of sp³-hybridized carbons (Fsp3) is 0.333. The maximum absolute atomic E-state index is 11.7. The Hall–Kier alpha value is -1.66. The van der Waals surface area contributed by atoms with Gasteiger partial charge in [0, 0.05) is 5.56 Å². The summed E-state index contributed by atoms with van der Waals surface area (Å²) in [5.74, 6) is 0.0199. The number of benzene rings is 1. The molecule has 0 aliphatic rings. The molecule has 15 heavy (non-hydrogen) atoms. The highest BCUT2D eigenvalue weighted by atomic mass is 16.1. The van der Waals surface area contributed by atoms with Gasteiger partial charge in [0.2, 0.25) is 0 Å². The van der Waals surface area contributed by atoms with E-state index in [0.717, 1.165) is 11.1 Å². The predicted octanol–water partition coefficient (Wildman–Crippen LogP) is 1.58. The van der Waals surface area contributed by atoms with Crippen LogP contribution in [0, 0.1) is 25.2 Å². The van der Waals surface area contributed by atoms with Gasteiger partial charge in [0.05, 0.1) is 18.2 Å². The van der Waals surface area contributed by atoms with E-state index in [1.807, 2.05) is 19.9 Å². The van der Waals surface area contributed by atoms with Crippen molar-refractivity contribution in [3.05, 3.63) is 34.4 Å². The minimum absolute atomic E-state index is 0.0199. The van der Waals surface area contributed by atoms with E-state index in [2.05, 4.69) is 11.4 Å². The van der Waals surface area contributed by atoms with E-state index >= 15 is 0 Å². The van der Waals surface area contributed by atoms with E-state index in [1.165, 1.54) is 0 Å². The van der Waals surface area contributed by atoms with Crippen molar-refractivity contribution in [2.75, 3.05) is 13.6 Å². The van der Waals surface area contributed by atoms with E-state index in [4.69, 9.17) is 5.26 Å². The molecule has 1 aromatic rings. The summed E-state index contributed by atoms with van der Waals surface area (Å²) in [5, 5.41) is 11.7. The second-order valence-electron chi connectivity index (χ2n) is 3.55. The molecule has 1 rings (SSSR count). The molecule has 0 radical (unpaired) electrons. The third kappa shape index (κ3) is 2.42. The number of nitrogens with zero attached hydrogens (tertiary/aromatic N) is 1. The molecule has 3 nitrogen and oxygen atoms in total. The summed E-state index contributed by atoms with van der Waals surface area (Å²) in [7, 11) is 1.73. The lowest BCUT2D eigenvalue weighted by Crippen LogP contribution is -2.19. The Morgan fingerprint density at radius 1 is 1.40 bits per heavy atom. The SMILES string of the molecule is CNCC(=O)c1cc(C#N)c(C)cc1C. The van der Waals surface area contributed by atoms with E-state index in [9.17, 15) is 4.79 Å². The van der Waals surface area contributed by atoms with Gasteiger partial charge in [-0.05, 0) is 38.1 Å². The van der Waals surface area contributed by atoms with Crippen LogP contribution in [0.1, 0.15) is 27.0 Å². The van der Waals surface area contributed by atoms with Crippen molar-refractivity contribution in [3.63, 3.8) is 0 Å². The average molecular weight is 202 g/mol. The van der Waals surface area contributed by atoms with Crippen molar-refractivity contribution >= 4 is 5.78 Å². The van der Waals surface area contributed by atoms with Crippen molar-refractivity contribution in [2.45, 2.75) is 13.8 Å². The molecule has 78 valence electrons. The fourth-order valence-corrected chi connectivity index (χ4v) is 1.53. The molecule has 1 N–H and O–H groups in total. The number of carbonyl (C=O) groups is 1. The van der Waals surface area contributed by atoms with Crippen LogP contribution in [0.25, 0.3) is 0 Å². The number of ketones is 1. The summed E-state index contributed by atoms with van der Waals surface area (Å²) < 4.78 is 0. The number of nitriles is 1. The highest BCUT2D eigenvalue weighted by molar-refractivity contribution is 5.99. The fourth-order valence-electron chi connectivity index (χ4n) is 1.53. The lowest BCUT2D eigenvalue weighted by molar-refractivity contribution is 0.0993. The number of carbonyl (C=O) groups excluding carboxylic acids is 1. The lowest BCUT2D eigenvalue weighted by Gasteiger charge is -2.07. The number of hydrogen-bond donors (Lipinski definition) is 1. The molecule has 0 amide bonds. The zero-order valence-electron chi connectivity index (χ0n) is 9.22.